The van der Waals surface area contributed by atoms with E-state index in [0.717, 1.165) is 12.0 Å². The summed E-state index contributed by atoms with van der Waals surface area (Å²) < 4.78 is 33.3. The van der Waals surface area contributed by atoms with Crippen molar-refractivity contribution in [3.05, 3.63) is 45.6 Å². The van der Waals surface area contributed by atoms with Gasteiger partial charge in [-0.1, -0.05) is 50.3 Å². The first-order chi connectivity index (χ1) is 14.2. The number of fused-ring (bicyclic) bond motifs is 4. The van der Waals surface area contributed by atoms with E-state index in [1.54, 1.807) is 0 Å². The van der Waals surface area contributed by atoms with E-state index in [9.17, 15) is 0 Å². The summed E-state index contributed by atoms with van der Waals surface area (Å²) in [5.74, 6) is -0.219. The Morgan fingerprint density at radius 3 is 2.57 bits per heavy atom. The average molecular weight is 526 g/mol. The van der Waals surface area contributed by atoms with Crippen LogP contribution in [0.1, 0.15) is 39.7 Å². The van der Waals surface area contributed by atoms with Crippen LogP contribution in [0.25, 0.3) is 0 Å². The first kappa shape index (κ1) is 21.3. The largest absolute Gasteiger partial charge is 0.370 e. The summed E-state index contributed by atoms with van der Waals surface area (Å²) in [4.78, 5) is 0. The fourth-order valence-electron chi connectivity index (χ4n) is 5.72. The molecule has 4 aliphatic rings. The summed E-state index contributed by atoms with van der Waals surface area (Å²) in [5, 5.41) is 0. The van der Waals surface area contributed by atoms with E-state index in [0.29, 0.717) is 19.1 Å². The third kappa shape index (κ3) is 3.88. The van der Waals surface area contributed by atoms with Crippen LogP contribution in [-0.2, 0) is 30.3 Å². The van der Waals surface area contributed by atoms with Crippen LogP contribution in [0, 0.1) is 17.3 Å². The van der Waals surface area contributed by atoms with Gasteiger partial charge >= 0.3 is 0 Å². The maximum atomic E-state index is 6.65. The molecule has 7 atom stereocenters. The summed E-state index contributed by atoms with van der Waals surface area (Å²) in [7, 11) is 0. The molecule has 0 spiro atoms. The van der Waals surface area contributed by atoms with E-state index in [1.165, 1.54) is 3.58 Å². The molecule has 0 radical (unpaired) electrons. The van der Waals surface area contributed by atoms with Gasteiger partial charge in [-0.25, -0.2) is 0 Å². The monoisotopic (exact) mass is 526 g/mol. The molecule has 0 amide bonds. The third-order valence-electron chi connectivity index (χ3n) is 6.90. The summed E-state index contributed by atoms with van der Waals surface area (Å²) in [6.45, 7) is 9.59. The lowest BCUT2D eigenvalue weighted by Crippen LogP contribution is -2.63. The van der Waals surface area contributed by atoms with Crippen molar-refractivity contribution in [3.63, 3.8) is 0 Å². The van der Waals surface area contributed by atoms with Gasteiger partial charge in [0.15, 0.2) is 12.1 Å². The van der Waals surface area contributed by atoms with Gasteiger partial charge in [-0.3, -0.25) is 0 Å². The van der Waals surface area contributed by atoms with Crippen LogP contribution >= 0.6 is 22.6 Å². The highest BCUT2D eigenvalue weighted by molar-refractivity contribution is 14.1. The number of ether oxygens (including phenoxy) is 5. The summed E-state index contributed by atoms with van der Waals surface area (Å²) in [5.41, 5.74) is 1.17. The van der Waals surface area contributed by atoms with Crippen molar-refractivity contribution >= 4 is 22.6 Å². The normalized spacial score (nSPS) is 41.4. The number of allylic oxidation sites excluding steroid dienone is 1. The molecule has 0 saturated carbocycles. The summed E-state index contributed by atoms with van der Waals surface area (Å²) in [6.07, 6.45) is 2.71. The van der Waals surface area contributed by atoms with Crippen LogP contribution in [0.15, 0.2) is 40.0 Å². The average Bonchev–Trinajstić information content (AvgIpc) is 3.03. The van der Waals surface area contributed by atoms with Gasteiger partial charge in [-0.15, -0.1) is 0 Å². The maximum Gasteiger partial charge on any atom is 0.164 e. The van der Waals surface area contributed by atoms with Gasteiger partial charge in [0.05, 0.1) is 25.4 Å². The lowest BCUT2D eigenvalue weighted by molar-refractivity contribution is -0.373. The molecule has 3 saturated heterocycles. The Labute approximate surface area is 192 Å². The van der Waals surface area contributed by atoms with Gasteiger partial charge in [0, 0.05) is 18.3 Å². The van der Waals surface area contributed by atoms with Gasteiger partial charge in [0.25, 0.3) is 0 Å². The summed E-state index contributed by atoms with van der Waals surface area (Å²) >= 11 is 2.44. The zero-order chi connectivity index (χ0) is 21.1. The fraction of sp³-hybridized carbons (Fsp3) is 0.667. The Hall–Kier alpha value is -0.510. The molecular formula is C24H31IO5. The zero-order valence-corrected chi connectivity index (χ0v) is 20.2. The number of rotatable bonds is 3. The van der Waals surface area contributed by atoms with Crippen LogP contribution in [0.5, 0.6) is 0 Å². The van der Waals surface area contributed by atoms with Crippen molar-refractivity contribution in [2.24, 2.45) is 17.3 Å². The van der Waals surface area contributed by atoms with Gasteiger partial charge in [-0.2, -0.15) is 0 Å². The van der Waals surface area contributed by atoms with Crippen molar-refractivity contribution in [1.29, 1.82) is 0 Å². The standard InChI is InChI=1S/C24H31IO5/c1-23(2)11-15(25)10-16-19(23)18-21(26-12-14-8-6-5-7-9-14)20-17(29-22(18)28-16)13-27-24(3,4)30-20/h5-9,11,16-22H,10,12-13H2,1-4H3/t16-,17+,18+,19-,20+,21+,22-/m0/s1. The van der Waals surface area contributed by atoms with E-state index in [4.69, 9.17) is 23.7 Å². The number of benzene rings is 1. The molecule has 5 nitrogen and oxygen atoms in total. The Morgan fingerprint density at radius 1 is 1.07 bits per heavy atom. The van der Waals surface area contributed by atoms with E-state index >= 15 is 0 Å². The zero-order valence-electron chi connectivity index (χ0n) is 18.0. The first-order valence-corrected chi connectivity index (χ1v) is 12.0. The highest BCUT2D eigenvalue weighted by atomic mass is 127. The molecule has 0 unspecified atom stereocenters. The SMILES string of the molecule is CC1(C)OC[C@H]2O[C@@H]3O[C@H]4CC(I)=CC(C)(C)[C@@H]4[C@@H]3[C@@H](OCc3ccccc3)[C@@H]2O1. The van der Waals surface area contributed by atoms with Crippen molar-refractivity contribution in [2.75, 3.05) is 6.61 Å². The quantitative estimate of drug-likeness (QED) is 0.529. The molecule has 1 aromatic rings. The molecule has 0 N–H and O–H groups in total. The van der Waals surface area contributed by atoms with Crippen LogP contribution < -0.4 is 0 Å². The predicted molar refractivity (Wildman–Crippen MR) is 121 cm³/mol. The number of halogens is 1. The second-order valence-electron chi connectivity index (χ2n) is 9.99. The molecule has 3 aliphatic heterocycles. The molecule has 3 heterocycles. The molecule has 30 heavy (non-hydrogen) atoms. The number of hydrogen-bond donors (Lipinski definition) is 0. The second-order valence-corrected chi connectivity index (χ2v) is 11.4. The van der Waals surface area contributed by atoms with E-state index in [-0.39, 0.29) is 42.0 Å². The van der Waals surface area contributed by atoms with Gasteiger partial charge in [0.2, 0.25) is 0 Å². The molecule has 1 aliphatic carbocycles. The highest BCUT2D eigenvalue weighted by Crippen LogP contribution is 2.55. The van der Waals surface area contributed by atoms with E-state index < -0.39 is 5.79 Å². The van der Waals surface area contributed by atoms with Crippen LogP contribution in [0.3, 0.4) is 0 Å². The van der Waals surface area contributed by atoms with Crippen molar-refractivity contribution in [1.82, 2.24) is 0 Å². The molecular weight excluding hydrogens is 495 g/mol. The number of hydrogen-bond acceptors (Lipinski definition) is 5. The molecule has 6 heteroatoms. The Bertz CT molecular complexity index is 807. The lowest BCUT2D eigenvalue weighted by Gasteiger charge is -2.51. The second kappa shape index (κ2) is 7.81. The molecule has 0 aromatic heterocycles. The topological polar surface area (TPSA) is 46.2 Å². The molecule has 1 aromatic carbocycles. The van der Waals surface area contributed by atoms with Crippen LogP contribution in [0.2, 0.25) is 0 Å². The van der Waals surface area contributed by atoms with Crippen LogP contribution in [0.4, 0.5) is 0 Å². The minimum Gasteiger partial charge on any atom is -0.370 e. The van der Waals surface area contributed by atoms with Crippen molar-refractivity contribution in [2.45, 2.75) is 77.2 Å². The summed E-state index contributed by atoms with van der Waals surface area (Å²) in [6, 6.07) is 10.3. The van der Waals surface area contributed by atoms with Gasteiger partial charge < -0.3 is 23.7 Å². The minimum atomic E-state index is -0.651. The lowest BCUT2D eigenvalue weighted by atomic mass is 9.64. The predicted octanol–water partition coefficient (Wildman–Crippen LogP) is 4.83. The molecule has 0 bridgehead atoms. The molecule has 164 valence electrons. The molecule has 3 fully saturated rings. The van der Waals surface area contributed by atoms with Crippen molar-refractivity contribution < 1.29 is 23.7 Å². The van der Waals surface area contributed by atoms with Crippen LogP contribution in [-0.4, -0.2) is 43.1 Å². The Balaban J connectivity index is 1.48. The minimum absolute atomic E-state index is 0.00406. The first-order valence-electron chi connectivity index (χ1n) is 10.9. The Kier molecular flexibility index (Phi) is 5.56. The van der Waals surface area contributed by atoms with Crippen molar-refractivity contribution in [3.8, 4) is 0 Å². The molecule has 5 rings (SSSR count). The van der Waals surface area contributed by atoms with Gasteiger partial charge in [0.1, 0.15) is 12.2 Å². The van der Waals surface area contributed by atoms with Gasteiger partial charge in [-0.05, 0) is 51.0 Å². The Morgan fingerprint density at radius 2 is 1.80 bits per heavy atom. The smallest absolute Gasteiger partial charge is 0.164 e. The third-order valence-corrected chi connectivity index (χ3v) is 7.65. The highest BCUT2D eigenvalue weighted by Gasteiger charge is 2.62. The van der Waals surface area contributed by atoms with E-state index in [1.807, 2.05) is 32.0 Å². The van der Waals surface area contributed by atoms with E-state index in [2.05, 4.69) is 54.6 Å². The fourth-order valence-corrected chi connectivity index (χ4v) is 6.96. The maximum absolute atomic E-state index is 6.65.